The molecule has 8 heteroatoms. The maximum atomic E-state index is 11.8. The first kappa shape index (κ1) is 17.9. The molecular formula is C14H19ClN2O5. The molecule has 1 aromatic carbocycles. The Labute approximate surface area is 132 Å². The van der Waals surface area contributed by atoms with E-state index in [-0.39, 0.29) is 30.4 Å². The number of carbonyl (C=O) groups is 2. The molecule has 0 aromatic heterocycles. The lowest BCUT2D eigenvalue weighted by Gasteiger charge is -2.20. The van der Waals surface area contributed by atoms with E-state index in [1.54, 1.807) is 13.8 Å². The van der Waals surface area contributed by atoms with Gasteiger partial charge in [0.25, 0.3) is 5.91 Å². The van der Waals surface area contributed by atoms with E-state index in [9.17, 15) is 24.9 Å². The summed E-state index contributed by atoms with van der Waals surface area (Å²) in [5, 5.41) is 33.0. The van der Waals surface area contributed by atoms with Gasteiger partial charge >= 0.3 is 0 Å². The van der Waals surface area contributed by atoms with E-state index < -0.39 is 28.6 Å². The second-order valence-electron chi connectivity index (χ2n) is 5.39. The van der Waals surface area contributed by atoms with Crippen LogP contribution >= 0.6 is 11.6 Å². The Hall–Kier alpha value is -2.15. The second kappa shape index (κ2) is 7.22. The largest absolute Gasteiger partial charge is 0.504 e. The summed E-state index contributed by atoms with van der Waals surface area (Å²) in [5.41, 5.74) is -0.708. The number of nitrogens with one attached hydrogen (secondary N) is 2. The number of benzene rings is 1. The Morgan fingerprint density at radius 3 is 2.09 bits per heavy atom. The summed E-state index contributed by atoms with van der Waals surface area (Å²) in [7, 11) is 0. The molecule has 0 saturated carbocycles. The molecule has 22 heavy (non-hydrogen) atoms. The number of hydrogen-bond donors (Lipinski definition) is 5. The number of phenols is 3. The van der Waals surface area contributed by atoms with Crippen LogP contribution in [-0.4, -0.2) is 46.1 Å². The van der Waals surface area contributed by atoms with Crippen molar-refractivity contribution in [3.8, 4) is 17.2 Å². The quantitative estimate of drug-likeness (QED) is 0.302. The molecular weight excluding hydrogens is 312 g/mol. The van der Waals surface area contributed by atoms with Gasteiger partial charge in [-0.3, -0.25) is 9.59 Å². The molecule has 7 nitrogen and oxygen atoms in total. The van der Waals surface area contributed by atoms with Crippen LogP contribution in [0.2, 0.25) is 0 Å². The molecule has 0 radical (unpaired) electrons. The van der Waals surface area contributed by atoms with E-state index in [0.29, 0.717) is 0 Å². The maximum Gasteiger partial charge on any atom is 0.251 e. The van der Waals surface area contributed by atoms with Gasteiger partial charge in [0.2, 0.25) is 5.91 Å². The highest BCUT2D eigenvalue weighted by Crippen LogP contribution is 2.35. The standard InChI is InChI=1S/C14H19ClN2O5/c1-14(2,7-15)13(22)17-4-3-16-12(21)8-5-9(18)11(20)10(19)6-8/h5-6,18-20H,3-4,7H2,1-2H3,(H,16,21)(H,17,22). The van der Waals surface area contributed by atoms with E-state index >= 15 is 0 Å². The summed E-state index contributed by atoms with van der Waals surface area (Å²) in [6.07, 6.45) is 0. The number of phenolic OH excluding ortho intramolecular Hbond substituents is 3. The molecule has 0 aliphatic rings. The molecule has 0 atom stereocenters. The van der Waals surface area contributed by atoms with Crippen LogP contribution in [0.1, 0.15) is 24.2 Å². The summed E-state index contributed by atoms with van der Waals surface area (Å²) in [4.78, 5) is 23.5. The van der Waals surface area contributed by atoms with Gasteiger partial charge in [0.05, 0.1) is 5.41 Å². The molecule has 0 heterocycles. The van der Waals surface area contributed by atoms with Gasteiger partial charge in [-0.15, -0.1) is 11.6 Å². The number of rotatable bonds is 6. The third-order valence-corrected chi connectivity index (χ3v) is 3.64. The van der Waals surface area contributed by atoms with Gasteiger partial charge in [0, 0.05) is 24.5 Å². The van der Waals surface area contributed by atoms with Crippen molar-refractivity contribution in [1.82, 2.24) is 10.6 Å². The zero-order chi connectivity index (χ0) is 16.9. The number of carbonyl (C=O) groups excluding carboxylic acids is 2. The number of hydrogen-bond acceptors (Lipinski definition) is 5. The first-order chi connectivity index (χ1) is 10.2. The highest BCUT2D eigenvalue weighted by Gasteiger charge is 2.25. The predicted octanol–water partition coefficient (Wildman–Crippen LogP) is 0.914. The minimum atomic E-state index is -0.694. The van der Waals surface area contributed by atoms with Crippen molar-refractivity contribution in [2.75, 3.05) is 19.0 Å². The van der Waals surface area contributed by atoms with Crippen molar-refractivity contribution in [3.63, 3.8) is 0 Å². The van der Waals surface area contributed by atoms with E-state index in [4.69, 9.17) is 11.6 Å². The topological polar surface area (TPSA) is 119 Å². The minimum Gasteiger partial charge on any atom is -0.504 e. The van der Waals surface area contributed by atoms with Gasteiger partial charge in [-0.1, -0.05) is 0 Å². The molecule has 2 amide bonds. The van der Waals surface area contributed by atoms with E-state index in [1.807, 2.05) is 0 Å². The molecule has 5 N–H and O–H groups in total. The van der Waals surface area contributed by atoms with Gasteiger partial charge in [0.15, 0.2) is 17.2 Å². The lowest BCUT2D eigenvalue weighted by molar-refractivity contribution is -0.128. The number of halogens is 1. The third-order valence-electron chi connectivity index (χ3n) is 2.98. The van der Waals surface area contributed by atoms with E-state index in [0.717, 1.165) is 12.1 Å². The van der Waals surface area contributed by atoms with Crippen LogP contribution in [0.4, 0.5) is 0 Å². The zero-order valence-electron chi connectivity index (χ0n) is 12.3. The zero-order valence-corrected chi connectivity index (χ0v) is 13.1. The highest BCUT2D eigenvalue weighted by molar-refractivity contribution is 6.19. The number of alkyl halides is 1. The Kier molecular flexibility index (Phi) is 5.87. The summed E-state index contributed by atoms with van der Waals surface area (Å²) in [6.45, 7) is 3.78. The van der Waals surface area contributed by atoms with E-state index in [1.165, 1.54) is 0 Å². The Morgan fingerprint density at radius 2 is 1.59 bits per heavy atom. The lowest BCUT2D eigenvalue weighted by atomic mass is 9.95. The van der Waals surface area contributed by atoms with Crippen LogP contribution < -0.4 is 10.6 Å². The molecule has 0 aliphatic carbocycles. The van der Waals surface area contributed by atoms with Gasteiger partial charge in [-0.05, 0) is 26.0 Å². The first-order valence-electron chi connectivity index (χ1n) is 6.56. The smallest absolute Gasteiger partial charge is 0.251 e. The van der Waals surface area contributed by atoms with Crippen LogP contribution in [-0.2, 0) is 4.79 Å². The van der Waals surface area contributed by atoms with Crippen molar-refractivity contribution in [2.45, 2.75) is 13.8 Å². The van der Waals surface area contributed by atoms with Gasteiger partial charge in [-0.25, -0.2) is 0 Å². The summed E-state index contributed by atoms with van der Waals surface area (Å²) in [6, 6.07) is 2.05. The van der Waals surface area contributed by atoms with Crippen LogP contribution in [0.25, 0.3) is 0 Å². The highest BCUT2D eigenvalue weighted by atomic mass is 35.5. The fourth-order valence-electron chi connectivity index (χ4n) is 1.49. The van der Waals surface area contributed by atoms with Crippen LogP contribution in [0.5, 0.6) is 17.2 Å². The average molecular weight is 331 g/mol. The molecule has 0 aliphatic heterocycles. The van der Waals surface area contributed by atoms with Crippen molar-refractivity contribution >= 4 is 23.4 Å². The molecule has 0 fully saturated rings. The molecule has 1 aromatic rings. The Balaban J connectivity index is 2.49. The van der Waals surface area contributed by atoms with Crippen molar-refractivity contribution in [3.05, 3.63) is 17.7 Å². The maximum absolute atomic E-state index is 11.8. The van der Waals surface area contributed by atoms with Crippen LogP contribution in [0.15, 0.2) is 12.1 Å². The number of amides is 2. The van der Waals surface area contributed by atoms with Gasteiger partial charge in [-0.2, -0.15) is 0 Å². The summed E-state index contributed by atoms with van der Waals surface area (Å²) < 4.78 is 0. The van der Waals surface area contributed by atoms with Crippen molar-refractivity contribution in [2.24, 2.45) is 5.41 Å². The molecule has 122 valence electrons. The second-order valence-corrected chi connectivity index (χ2v) is 5.66. The normalized spacial score (nSPS) is 11.0. The van der Waals surface area contributed by atoms with Gasteiger partial charge in [0.1, 0.15) is 0 Å². The lowest BCUT2D eigenvalue weighted by Crippen LogP contribution is -2.41. The molecule has 0 unspecified atom stereocenters. The third kappa shape index (κ3) is 4.42. The molecule has 1 rings (SSSR count). The van der Waals surface area contributed by atoms with Gasteiger partial charge < -0.3 is 26.0 Å². The molecule has 0 bridgehead atoms. The predicted molar refractivity (Wildman–Crippen MR) is 81.3 cm³/mol. The minimum absolute atomic E-state index is 0.0137. The average Bonchev–Trinajstić information content (AvgIpc) is 2.47. The number of aromatic hydroxyl groups is 3. The summed E-state index contributed by atoms with van der Waals surface area (Å²) in [5.74, 6) is -2.48. The Bertz CT molecular complexity index is 551. The summed E-state index contributed by atoms with van der Waals surface area (Å²) >= 11 is 5.68. The SMILES string of the molecule is CC(C)(CCl)C(=O)NCCNC(=O)c1cc(O)c(O)c(O)c1. The monoisotopic (exact) mass is 330 g/mol. The molecule has 0 spiro atoms. The fraction of sp³-hybridized carbons (Fsp3) is 0.429. The van der Waals surface area contributed by atoms with Crippen LogP contribution in [0, 0.1) is 5.41 Å². The van der Waals surface area contributed by atoms with E-state index in [2.05, 4.69) is 10.6 Å². The Morgan fingerprint density at radius 1 is 1.09 bits per heavy atom. The fourth-order valence-corrected chi connectivity index (χ4v) is 1.61. The van der Waals surface area contributed by atoms with Crippen molar-refractivity contribution in [1.29, 1.82) is 0 Å². The first-order valence-corrected chi connectivity index (χ1v) is 7.10. The van der Waals surface area contributed by atoms with Crippen LogP contribution in [0.3, 0.4) is 0 Å². The molecule has 0 saturated heterocycles. The van der Waals surface area contributed by atoms with Crippen molar-refractivity contribution < 1.29 is 24.9 Å².